The Bertz CT molecular complexity index is 747. The number of carboxylic acids is 1. The van der Waals surface area contributed by atoms with E-state index in [1.165, 1.54) is 4.90 Å². The van der Waals surface area contributed by atoms with E-state index < -0.39 is 5.97 Å². The minimum Gasteiger partial charge on any atom is -0.480 e. The molecule has 2 aromatic rings. The summed E-state index contributed by atoms with van der Waals surface area (Å²) in [5, 5.41) is 10.2. The molecule has 6 nitrogen and oxygen atoms in total. The summed E-state index contributed by atoms with van der Waals surface area (Å²) in [6.45, 7) is 3.48. The maximum absolute atomic E-state index is 13.1. The van der Waals surface area contributed by atoms with Crippen molar-refractivity contribution in [3.05, 3.63) is 36.0 Å². The van der Waals surface area contributed by atoms with Crippen LogP contribution in [-0.2, 0) is 16.1 Å². The molecular weight excluding hydrogens is 308 g/mol. The Labute approximate surface area is 140 Å². The van der Waals surface area contributed by atoms with E-state index in [0.29, 0.717) is 38.3 Å². The van der Waals surface area contributed by atoms with Gasteiger partial charge >= 0.3 is 5.97 Å². The third-order valence-corrected chi connectivity index (χ3v) is 4.54. The maximum Gasteiger partial charge on any atom is 0.323 e. The number of nitrogens with zero attached hydrogens (tertiary/aromatic N) is 2. The number of benzene rings is 1. The van der Waals surface area contributed by atoms with E-state index in [1.807, 2.05) is 41.8 Å². The number of fused-ring (bicyclic) bond motifs is 1. The van der Waals surface area contributed by atoms with Crippen LogP contribution in [0.1, 0.15) is 30.3 Å². The Balaban J connectivity index is 1.98. The van der Waals surface area contributed by atoms with Crippen molar-refractivity contribution < 1.29 is 19.4 Å². The average Bonchev–Trinajstić information content (AvgIpc) is 2.98. The highest BCUT2D eigenvalue weighted by molar-refractivity contribution is 6.00. The summed E-state index contributed by atoms with van der Waals surface area (Å²) in [7, 11) is 0. The van der Waals surface area contributed by atoms with Crippen LogP contribution in [0.15, 0.2) is 30.3 Å². The number of ether oxygens (including phenoxy) is 1. The predicted octanol–water partition coefficient (Wildman–Crippen LogP) is 2.37. The van der Waals surface area contributed by atoms with Gasteiger partial charge in [0.05, 0.1) is 0 Å². The van der Waals surface area contributed by atoms with Gasteiger partial charge in [-0.3, -0.25) is 9.59 Å². The zero-order valence-electron chi connectivity index (χ0n) is 13.8. The van der Waals surface area contributed by atoms with Crippen LogP contribution < -0.4 is 0 Å². The molecule has 0 aliphatic carbocycles. The van der Waals surface area contributed by atoms with Gasteiger partial charge in [0.2, 0.25) is 0 Å². The zero-order chi connectivity index (χ0) is 17.1. The number of aryl methyl sites for hydroxylation is 1. The van der Waals surface area contributed by atoms with Crippen LogP contribution in [-0.4, -0.2) is 52.3 Å². The van der Waals surface area contributed by atoms with Crippen molar-refractivity contribution in [2.45, 2.75) is 32.4 Å². The summed E-state index contributed by atoms with van der Waals surface area (Å²) in [6, 6.07) is 9.58. The van der Waals surface area contributed by atoms with Crippen molar-refractivity contribution in [3.63, 3.8) is 0 Å². The standard InChI is InChI=1S/C18H22N2O4/c1-2-19-15-6-4-3-5-13(15)11-16(19)18(23)20(12-17(21)22)14-7-9-24-10-8-14/h3-6,11,14H,2,7-10,12H2,1H3,(H,21,22). The lowest BCUT2D eigenvalue weighted by Gasteiger charge is -2.33. The second-order valence-electron chi connectivity index (χ2n) is 6.00. The molecule has 0 unspecified atom stereocenters. The van der Waals surface area contributed by atoms with E-state index in [9.17, 15) is 14.7 Å². The molecule has 24 heavy (non-hydrogen) atoms. The number of carboxylic acid groups (broad SMARTS) is 1. The van der Waals surface area contributed by atoms with Gasteiger partial charge in [-0.1, -0.05) is 18.2 Å². The maximum atomic E-state index is 13.1. The summed E-state index contributed by atoms with van der Waals surface area (Å²) in [5.41, 5.74) is 1.54. The zero-order valence-corrected chi connectivity index (χ0v) is 13.8. The van der Waals surface area contributed by atoms with Crippen LogP contribution in [0.3, 0.4) is 0 Å². The third-order valence-electron chi connectivity index (χ3n) is 4.54. The fourth-order valence-corrected chi connectivity index (χ4v) is 3.38. The normalized spacial score (nSPS) is 15.5. The van der Waals surface area contributed by atoms with Gasteiger partial charge in [-0.2, -0.15) is 0 Å². The van der Waals surface area contributed by atoms with Crippen molar-refractivity contribution >= 4 is 22.8 Å². The monoisotopic (exact) mass is 330 g/mol. The molecule has 1 amide bonds. The van der Waals surface area contributed by atoms with Crippen LogP contribution in [0.2, 0.25) is 0 Å². The Morgan fingerprint density at radius 2 is 2.00 bits per heavy atom. The number of carbonyl (C=O) groups is 2. The Hall–Kier alpha value is -2.34. The number of hydrogen-bond acceptors (Lipinski definition) is 3. The largest absolute Gasteiger partial charge is 0.480 e. The van der Waals surface area contributed by atoms with Crippen molar-refractivity contribution in [1.29, 1.82) is 0 Å². The molecule has 0 saturated carbocycles. The van der Waals surface area contributed by atoms with E-state index >= 15 is 0 Å². The van der Waals surface area contributed by atoms with Gasteiger partial charge in [-0.05, 0) is 31.9 Å². The average molecular weight is 330 g/mol. The minimum absolute atomic E-state index is 0.0920. The highest BCUT2D eigenvalue weighted by atomic mass is 16.5. The molecule has 128 valence electrons. The molecule has 0 bridgehead atoms. The Morgan fingerprint density at radius 1 is 1.29 bits per heavy atom. The molecule has 1 aliphatic rings. The first-order valence-corrected chi connectivity index (χ1v) is 8.30. The van der Waals surface area contributed by atoms with Gasteiger partial charge in [0.1, 0.15) is 12.2 Å². The minimum atomic E-state index is -0.992. The highest BCUT2D eigenvalue weighted by Gasteiger charge is 2.30. The quantitative estimate of drug-likeness (QED) is 0.913. The van der Waals surface area contributed by atoms with Gasteiger partial charge < -0.3 is 19.3 Å². The highest BCUT2D eigenvalue weighted by Crippen LogP contribution is 2.23. The van der Waals surface area contributed by atoms with Gasteiger partial charge in [-0.25, -0.2) is 0 Å². The molecule has 3 rings (SSSR count). The van der Waals surface area contributed by atoms with Crippen molar-refractivity contribution in [1.82, 2.24) is 9.47 Å². The molecule has 1 N–H and O–H groups in total. The fourth-order valence-electron chi connectivity index (χ4n) is 3.38. The number of aliphatic carboxylic acids is 1. The van der Waals surface area contributed by atoms with Crippen LogP contribution in [0, 0.1) is 0 Å². The van der Waals surface area contributed by atoms with Crippen LogP contribution >= 0.6 is 0 Å². The van der Waals surface area contributed by atoms with Gasteiger partial charge in [-0.15, -0.1) is 0 Å². The molecule has 1 aliphatic heterocycles. The number of rotatable bonds is 5. The summed E-state index contributed by atoms with van der Waals surface area (Å²) in [6.07, 6.45) is 1.34. The van der Waals surface area contributed by atoms with Gasteiger partial charge in [0, 0.05) is 36.7 Å². The molecule has 1 saturated heterocycles. The third kappa shape index (κ3) is 3.14. The second-order valence-corrected chi connectivity index (χ2v) is 6.00. The first-order valence-electron chi connectivity index (χ1n) is 8.30. The van der Waals surface area contributed by atoms with E-state index in [2.05, 4.69) is 0 Å². The van der Waals surface area contributed by atoms with E-state index in [1.54, 1.807) is 0 Å². The molecule has 0 atom stereocenters. The van der Waals surface area contributed by atoms with E-state index in [4.69, 9.17) is 4.74 Å². The molecular formula is C18H22N2O4. The summed E-state index contributed by atoms with van der Waals surface area (Å²) >= 11 is 0. The summed E-state index contributed by atoms with van der Waals surface area (Å²) < 4.78 is 7.29. The molecule has 1 aromatic carbocycles. The van der Waals surface area contributed by atoms with E-state index in [-0.39, 0.29) is 18.5 Å². The molecule has 2 heterocycles. The van der Waals surface area contributed by atoms with Crippen molar-refractivity contribution in [2.75, 3.05) is 19.8 Å². The van der Waals surface area contributed by atoms with Gasteiger partial charge in [0.15, 0.2) is 0 Å². The van der Waals surface area contributed by atoms with Crippen LogP contribution in [0.5, 0.6) is 0 Å². The molecule has 1 aromatic heterocycles. The number of aromatic nitrogens is 1. The topological polar surface area (TPSA) is 71.8 Å². The molecule has 0 radical (unpaired) electrons. The first kappa shape index (κ1) is 16.5. The van der Waals surface area contributed by atoms with Crippen molar-refractivity contribution in [3.8, 4) is 0 Å². The first-order chi connectivity index (χ1) is 11.6. The van der Waals surface area contributed by atoms with Gasteiger partial charge in [0.25, 0.3) is 5.91 Å². The molecule has 6 heteroatoms. The van der Waals surface area contributed by atoms with Crippen LogP contribution in [0.4, 0.5) is 0 Å². The molecule has 1 fully saturated rings. The number of amides is 1. The number of carbonyl (C=O) groups excluding carboxylic acids is 1. The Morgan fingerprint density at radius 3 is 2.67 bits per heavy atom. The summed E-state index contributed by atoms with van der Waals surface area (Å²) in [4.78, 5) is 25.9. The van der Waals surface area contributed by atoms with Crippen LogP contribution in [0.25, 0.3) is 10.9 Å². The SMILES string of the molecule is CCn1c(C(=O)N(CC(=O)O)C2CCOCC2)cc2ccccc21. The summed E-state index contributed by atoms with van der Waals surface area (Å²) in [5.74, 6) is -1.21. The lowest BCUT2D eigenvalue weighted by Crippen LogP contribution is -2.46. The van der Waals surface area contributed by atoms with E-state index in [0.717, 1.165) is 10.9 Å². The molecule has 0 spiro atoms. The number of para-hydroxylation sites is 1. The second kappa shape index (κ2) is 7.05. The lowest BCUT2D eigenvalue weighted by molar-refractivity contribution is -0.138. The Kier molecular flexibility index (Phi) is 4.85. The lowest BCUT2D eigenvalue weighted by atomic mass is 10.1. The smallest absolute Gasteiger partial charge is 0.323 e. The fraction of sp³-hybridized carbons (Fsp3) is 0.444. The van der Waals surface area contributed by atoms with Crippen molar-refractivity contribution in [2.24, 2.45) is 0 Å². The predicted molar refractivity (Wildman–Crippen MR) is 90.1 cm³/mol. The number of hydrogen-bond donors (Lipinski definition) is 1.